The lowest BCUT2D eigenvalue weighted by atomic mass is 10.2. The fourth-order valence-electron chi connectivity index (χ4n) is 1.84. The Labute approximate surface area is 127 Å². The normalized spacial score (nSPS) is 11.4. The topological polar surface area (TPSA) is 106 Å². The van der Waals surface area contributed by atoms with Crippen LogP contribution < -0.4 is 16.0 Å². The smallest absolute Gasteiger partial charge is 0.281 e. The van der Waals surface area contributed by atoms with Gasteiger partial charge in [0.1, 0.15) is 16.4 Å². The molecule has 0 saturated heterocycles. The van der Waals surface area contributed by atoms with Crippen LogP contribution in [0.15, 0.2) is 41.4 Å². The van der Waals surface area contributed by atoms with Gasteiger partial charge in [-0.05, 0) is 23.8 Å². The number of nitrogens with two attached hydrogens (primary N) is 1. The molecule has 1 heterocycles. The first-order chi connectivity index (χ1) is 10.3. The van der Waals surface area contributed by atoms with Crippen molar-refractivity contribution in [3.63, 3.8) is 0 Å². The average Bonchev–Trinajstić information content (AvgIpc) is 2.89. The van der Waals surface area contributed by atoms with Crippen LogP contribution in [0.5, 0.6) is 0 Å². The monoisotopic (exact) mass is 326 g/mol. The second-order valence-electron chi connectivity index (χ2n) is 4.60. The van der Waals surface area contributed by atoms with Crippen molar-refractivity contribution in [1.29, 1.82) is 0 Å². The van der Waals surface area contributed by atoms with E-state index < -0.39 is 21.7 Å². The maximum Gasteiger partial charge on any atom is 0.281 e. The zero-order valence-electron chi connectivity index (χ0n) is 11.7. The molecule has 118 valence electrons. The molecule has 9 heteroatoms. The lowest BCUT2D eigenvalue weighted by molar-refractivity contribution is 0.0945. The van der Waals surface area contributed by atoms with Gasteiger partial charge in [0.25, 0.3) is 5.91 Å². The fourth-order valence-corrected chi connectivity index (χ4v) is 2.93. The minimum absolute atomic E-state index is 0.00985. The summed E-state index contributed by atoms with van der Waals surface area (Å²) in [6, 6.07) is 6.67. The lowest BCUT2D eigenvalue weighted by Gasteiger charge is -2.05. The van der Waals surface area contributed by atoms with E-state index in [1.165, 1.54) is 48.1 Å². The predicted molar refractivity (Wildman–Crippen MR) is 77.5 cm³/mol. The highest BCUT2D eigenvalue weighted by Crippen LogP contribution is 2.14. The summed E-state index contributed by atoms with van der Waals surface area (Å²) in [4.78, 5) is 11.4. The van der Waals surface area contributed by atoms with E-state index in [-0.39, 0.29) is 17.1 Å². The molecule has 0 fully saturated rings. The Hall–Kier alpha value is -2.23. The number of rotatable bonds is 5. The summed E-state index contributed by atoms with van der Waals surface area (Å²) in [7, 11) is -2.27. The van der Waals surface area contributed by atoms with E-state index in [1.54, 1.807) is 0 Å². The molecule has 0 aliphatic heterocycles. The van der Waals surface area contributed by atoms with Gasteiger partial charge in [-0.1, -0.05) is 12.1 Å². The number of nitrogen functional groups attached to an aromatic ring is 1. The number of aryl methyl sites for hydroxylation is 1. The van der Waals surface area contributed by atoms with Crippen LogP contribution in [0.4, 0.5) is 4.39 Å². The second kappa shape index (κ2) is 6.26. The molecule has 1 aromatic heterocycles. The van der Waals surface area contributed by atoms with Gasteiger partial charge < -0.3 is 4.57 Å². The third-order valence-electron chi connectivity index (χ3n) is 3.03. The van der Waals surface area contributed by atoms with Crippen molar-refractivity contribution in [1.82, 2.24) is 14.7 Å². The summed E-state index contributed by atoms with van der Waals surface area (Å²) in [5, 5.41) is 0. The Morgan fingerprint density at radius 2 is 1.95 bits per heavy atom. The molecular formula is C13H15FN4O3S. The van der Waals surface area contributed by atoms with Gasteiger partial charge in [0.15, 0.2) is 0 Å². The Morgan fingerprint density at radius 3 is 2.55 bits per heavy atom. The quantitative estimate of drug-likeness (QED) is 0.416. The van der Waals surface area contributed by atoms with E-state index in [4.69, 9.17) is 5.84 Å². The van der Waals surface area contributed by atoms with Crippen LogP contribution in [0.3, 0.4) is 0 Å². The molecule has 2 aromatic rings. The molecule has 2 rings (SSSR count). The first-order valence-corrected chi connectivity index (χ1v) is 7.73. The number of halogens is 1. The Kier molecular flexibility index (Phi) is 4.59. The standard InChI is InChI=1S/C13H15FN4O3S/c1-18-8-11(6-12(18)13(19)17-15)22(20,21)16-7-9-2-4-10(14)5-3-9/h2-6,8,16H,7,15H2,1H3,(H,17,19). The van der Waals surface area contributed by atoms with Gasteiger partial charge in [0, 0.05) is 19.8 Å². The van der Waals surface area contributed by atoms with Crippen molar-refractivity contribution < 1.29 is 17.6 Å². The first kappa shape index (κ1) is 16.1. The summed E-state index contributed by atoms with van der Waals surface area (Å²) in [5.74, 6) is 4.04. The van der Waals surface area contributed by atoms with Crippen molar-refractivity contribution in [2.45, 2.75) is 11.4 Å². The van der Waals surface area contributed by atoms with Gasteiger partial charge in [0.05, 0.1) is 0 Å². The summed E-state index contributed by atoms with van der Waals surface area (Å²) in [6.07, 6.45) is 1.30. The number of benzene rings is 1. The zero-order chi connectivity index (χ0) is 16.3. The van der Waals surface area contributed by atoms with Gasteiger partial charge in [-0.15, -0.1) is 0 Å². The number of hydrogen-bond acceptors (Lipinski definition) is 4. The van der Waals surface area contributed by atoms with Gasteiger partial charge in [-0.2, -0.15) is 0 Å². The molecule has 0 atom stereocenters. The molecular weight excluding hydrogens is 311 g/mol. The number of hydrogen-bond donors (Lipinski definition) is 3. The third-order valence-corrected chi connectivity index (χ3v) is 4.40. The van der Waals surface area contributed by atoms with Crippen molar-refractivity contribution >= 4 is 15.9 Å². The number of hydrazine groups is 1. The maximum atomic E-state index is 12.8. The summed E-state index contributed by atoms with van der Waals surface area (Å²) in [6.45, 7) is 0.00985. The van der Waals surface area contributed by atoms with Crippen LogP contribution in [0.2, 0.25) is 0 Å². The first-order valence-electron chi connectivity index (χ1n) is 6.25. The number of aromatic nitrogens is 1. The molecule has 0 spiro atoms. The fraction of sp³-hybridized carbons (Fsp3) is 0.154. The zero-order valence-corrected chi connectivity index (χ0v) is 12.5. The molecule has 1 amide bonds. The van der Waals surface area contributed by atoms with E-state index in [0.29, 0.717) is 5.56 Å². The number of nitrogens with zero attached hydrogens (tertiary/aromatic N) is 1. The number of sulfonamides is 1. The molecule has 22 heavy (non-hydrogen) atoms. The van der Waals surface area contributed by atoms with Crippen molar-refractivity contribution in [3.8, 4) is 0 Å². The van der Waals surface area contributed by atoms with Gasteiger partial charge in [-0.3, -0.25) is 10.2 Å². The van der Waals surface area contributed by atoms with Crippen LogP contribution in [0.25, 0.3) is 0 Å². The molecule has 4 N–H and O–H groups in total. The highest BCUT2D eigenvalue weighted by Gasteiger charge is 2.19. The van der Waals surface area contributed by atoms with E-state index in [9.17, 15) is 17.6 Å². The van der Waals surface area contributed by atoms with E-state index in [0.717, 1.165) is 0 Å². The Bertz CT molecular complexity index is 784. The Balaban J connectivity index is 2.16. The van der Waals surface area contributed by atoms with E-state index in [1.807, 2.05) is 5.43 Å². The molecule has 1 aromatic carbocycles. The molecule has 0 aliphatic carbocycles. The van der Waals surface area contributed by atoms with Crippen LogP contribution in [0, 0.1) is 5.82 Å². The minimum atomic E-state index is -3.80. The number of carbonyl (C=O) groups excluding carboxylic acids is 1. The molecule has 7 nitrogen and oxygen atoms in total. The minimum Gasteiger partial charge on any atom is -0.345 e. The molecule has 0 saturated carbocycles. The van der Waals surface area contributed by atoms with Crippen LogP contribution >= 0.6 is 0 Å². The SMILES string of the molecule is Cn1cc(S(=O)(=O)NCc2ccc(F)cc2)cc1C(=O)NN. The number of nitrogens with one attached hydrogen (secondary N) is 2. The molecule has 0 radical (unpaired) electrons. The van der Waals surface area contributed by atoms with Crippen molar-refractivity contribution in [2.24, 2.45) is 12.9 Å². The third kappa shape index (κ3) is 3.50. The van der Waals surface area contributed by atoms with E-state index >= 15 is 0 Å². The summed E-state index contributed by atoms with van der Waals surface area (Å²) >= 11 is 0. The summed E-state index contributed by atoms with van der Waals surface area (Å²) < 4.78 is 40.9. The van der Waals surface area contributed by atoms with Gasteiger partial charge in [0.2, 0.25) is 10.0 Å². The molecule has 0 bridgehead atoms. The largest absolute Gasteiger partial charge is 0.345 e. The van der Waals surface area contributed by atoms with Gasteiger partial charge >= 0.3 is 0 Å². The maximum absolute atomic E-state index is 12.8. The molecule has 0 unspecified atom stereocenters. The molecule has 0 aliphatic rings. The lowest BCUT2D eigenvalue weighted by Crippen LogP contribution is -2.31. The number of carbonyl (C=O) groups is 1. The number of amides is 1. The van der Waals surface area contributed by atoms with Gasteiger partial charge in [-0.25, -0.2) is 23.4 Å². The van der Waals surface area contributed by atoms with Crippen LogP contribution in [-0.2, 0) is 23.6 Å². The highest BCUT2D eigenvalue weighted by atomic mass is 32.2. The van der Waals surface area contributed by atoms with Crippen molar-refractivity contribution in [2.75, 3.05) is 0 Å². The summed E-state index contributed by atoms with van der Waals surface area (Å²) in [5.41, 5.74) is 2.67. The van der Waals surface area contributed by atoms with E-state index in [2.05, 4.69) is 4.72 Å². The average molecular weight is 326 g/mol. The predicted octanol–water partition coefficient (Wildman–Crippen LogP) is 0.246. The second-order valence-corrected chi connectivity index (χ2v) is 6.36. The van der Waals surface area contributed by atoms with Crippen molar-refractivity contribution in [3.05, 3.63) is 53.6 Å². The van der Waals surface area contributed by atoms with Crippen LogP contribution in [0.1, 0.15) is 16.1 Å². The highest BCUT2D eigenvalue weighted by molar-refractivity contribution is 7.89. The Morgan fingerprint density at radius 1 is 1.32 bits per heavy atom. The van der Waals surface area contributed by atoms with Crippen LogP contribution in [-0.4, -0.2) is 18.9 Å².